The molecule has 0 radical (unpaired) electrons. The quantitative estimate of drug-likeness (QED) is 0.440. The Balaban J connectivity index is 0.000000913. The summed E-state index contributed by atoms with van der Waals surface area (Å²) in [6.45, 7) is 5.76. The van der Waals surface area contributed by atoms with Crippen LogP contribution in [0.2, 0.25) is 0 Å². The van der Waals surface area contributed by atoms with E-state index in [1.807, 2.05) is 54.9 Å². The van der Waals surface area contributed by atoms with Crippen molar-refractivity contribution in [2.45, 2.75) is 52.5 Å². The molecule has 2 amide bonds. The molecule has 0 unspecified atom stereocenters. The smallest absolute Gasteiger partial charge is 0.249 e. The molecule has 0 fully saturated rings. The van der Waals surface area contributed by atoms with Gasteiger partial charge >= 0.3 is 0 Å². The highest BCUT2D eigenvalue weighted by atomic mass is 16.5. The van der Waals surface area contributed by atoms with Crippen molar-refractivity contribution in [1.82, 2.24) is 10.3 Å². The molecule has 2 aromatic carbocycles. The van der Waals surface area contributed by atoms with Gasteiger partial charge in [-0.3, -0.25) is 14.6 Å². The van der Waals surface area contributed by atoms with E-state index in [9.17, 15) is 9.59 Å². The number of hydrogen-bond acceptors (Lipinski definition) is 4. The lowest BCUT2D eigenvalue weighted by atomic mass is 10.0. The summed E-state index contributed by atoms with van der Waals surface area (Å²) in [5.41, 5.74) is 4.70. The summed E-state index contributed by atoms with van der Waals surface area (Å²) in [5, 5.41) is 2.77. The summed E-state index contributed by atoms with van der Waals surface area (Å²) < 4.78 is 5.14. The minimum absolute atomic E-state index is 0. The highest BCUT2D eigenvalue weighted by Gasteiger charge is 2.23. The average molecular weight is 480 g/mol. The molecule has 0 aliphatic heterocycles. The first-order chi connectivity index (χ1) is 16.9. The lowest BCUT2D eigenvalue weighted by Crippen LogP contribution is -2.47. The van der Waals surface area contributed by atoms with E-state index >= 15 is 0 Å². The number of benzene rings is 2. The van der Waals surface area contributed by atoms with Crippen LogP contribution in [0.3, 0.4) is 0 Å². The predicted molar refractivity (Wildman–Crippen MR) is 146 cm³/mol. The first kappa shape index (κ1) is 27.6. The third kappa shape index (κ3) is 8.89. The van der Waals surface area contributed by atoms with E-state index in [2.05, 4.69) is 30.2 Å². The van der Waals surface area contributed by atoms with Gasteiger partial charge in [-0.15, -0.1) is 0 Å². The van der Waals surface area contributed by atoms with Crippen LogP contribution in [0.15, 0.2) is 73.1 Å². The van der Waals surface area contributed by atoms with Crippen molar-refractivity contribution in [1.29, 1.82) is 0 Å². The number of amides is 2. The monoisotopic (exact) mass is 479 g/mol. The Kier molecular flexibility index (Phi) is 11.5. The van der Waals surface area contributed by atoms with Crippen molar-refractivity contribution in [3.63, 3.8) is 0 Å². The Morgan fingerprint density at radius 2 is 1.66 bits per heavy atom. The van der Waals surface area contributed by atoms with Gasteiger partial charge < -0.3 is 15.0 Å². The van der Waals surface area contributed by atoms with E-state index in [1.165, 1.54) is 18.1 Å². The maximum atomic E-state index is 12.8. The van der Waals surface area contributed by atoms with Crippen LogP contribution in [0, 0.1) is 0 Å². The van der Waals surface area contributed by atoms with Gasteiger partial charge in [-0.1, -0.05) is 44.2 Å². The van der Waals surface area contributed by atoms with Crippen LogP contribution in [0.4, 0.5) is 5.69 Å². The maximum absolute atomic E-state index is 12.8. The van der Waals surface area contributed by atoms with Crippen molar-refractivity contribution in [3.05, 3.63) is 89.7 Å². The zero-order valence-electron chi connectivity index (χ0n) is 21.5. The first-order valence-electron chi connectivity index (χ1n) is 12.0. The van der Waals surface area contributed by atoms with E-state index in [1.54, 1.807) is 31.2 Å². The second kappa shape index (κ2) is 14.6. The molecular weight excluding hydrogens is 438 g/mol. The second-order valence-electron chi connectivity index (χ2n) is 8.22. The number of aromatic nitrogens is 1. The van der Waals surface area contributed by atoms with E-state index < -0.39 is 6.04 Å². The largest absolute Gasteiger partial charge is 0.497 e. The Bertz CT molecular complexity index is 1040. The molecule has 3 aromatic rings. The molecule has 0 saturated carbocycles. The Morgan fingerprint density at radius 1 is 1.00 bits per heavy atom. The zero-order valence-corrected chi connectivity index (χ0v) is 21.5. The van der Waals surface area contributed by atoms with Gasteiger partial charge in [0.1, 0.15) is 11.8 Å². The highest BCUT2D eigenvalue weighted by Crippen LogP contribution is 2.19. The maximum Gasteiger partial charge on any atom is 0.249 e. The Morgan fingerprint density at radius 3 is 2.20 bits per heavy atom. The van der Waals surface area contributed by atoms with E-state index in [0.29, 0.717) is 12.8 Å². The minimum atomic E-state index is -0.565. The van der Waals surface area contributed by atoms with Gasteiger partial charge in [0.25, 0.3) is 0 Å². The number of likely N-dealkylation sites (N-methyl/N-ethyl adjacent to an activating group) is 1. The van der Waals surface area contributed by atoms with Crippen LogP contribution in [0.25, 0.3) is 0 Å². The SMILES string of the molecule is CCc1ccncc1CC.COc1ccc(N(C)C(=O)[C@H](CCc2ccccc2)NC(C)=O)cc1.[HH].[HH]. The van der Waals surface area contributed by atoms with Crippen molar-refractivity contribution < 1.29 is 17.2 Å². The summed E-state index contributed by atoms with van der Waals surface area (Å²) in [6.07, 6.45) is 7.29. The number of rotatable bonds is 9. The van der Waals surface area contributed by atoms with Crippen molar-refractivity contribution in [2.75, 3.05) is 19.1 Å². The molecule has 190 valence electrons. The van der Waals surface area contributed by atoms with Gasteiger partial charge in [-0.05, 0) is 72.7 Å². The number of ether oxygens (including phenoxy) is 1. The molecule has 0 aliphatic carbocycles. The van der Waals surface area contributed by atoms with Gasteiger partial charge in [0.05, 0.1) is 7.11 Å². The summed E-state index contributed by atoms with van der Waals surface area (Å²) in [6, 6.07) is 18.7. The minimum Gasteiger partial charge on any atom is -0.497 e. The van der Waals surface area contributed by atoms with Crippen molar-refractivity contribution in [2.24, 2.45) is 0 Å². The van der Waals surface area contributed by atoms with Gasteiger partial charge in [-0.25, -0.2) is 0 Å². The standard InChI is InChI=1S/C20H24N2O3.C9H13N.2H2/c1-15(23)21-19(14-9-16-7-5-4-6-8-16)20(24)22(2)17-10-12-18(25-3)13-11-17;1-3-8-5-6-10-7-9(8)4-2;;/h4-8,10-13,19H,9,14H2,1-3H3,(H,21,23);5-7H,3-4H2,1-2H3;2*1H/t19-;;;/m0.../s1. The zero-order chi connectivity index (χ0) is 25.6. The molecule has 0 spiro atoms. The van der Waals surface area contributed by atoms with Gasteiger partial charge in [0.2, 0.25) is 11.8 Å². The van der Waals surface area contributed by atoms with Crippen molar-refractivity contribution >= 4 is 17.5 Å². The second-order valence-corrected chi connectivity index (χ2v) is 8.22. The molecule has 1 N–H and O–H groups in total. The van der Waals surface area contributed by atoms with E-state index in [0.717, 1.165) is 29.8 Å². The third-order valence-corrected chi connectivity index (χ3v) is 5.80. The van der Waals surface area contributed by atoms with Crippen LogP contribution in [-0.4, -0.2) is 37.0 Å². The summed E-state index contributed by atoms with van der Waals surface area (Å²) in [5.74, 6) is 0.373. The fraction of sp³-hybridized carbons (Fsp3) is 0.345. The van der Waals surface area contributed by atoms with Crippen LogP contribution in [-0.2, 0) is 28.9 Å². The van der Waals surface area contributed by atoms with Gasteiger partial charge in [0, 0.05) is 34.9 Å². The van der Waals surface area contributed by atoms with E-state index in [4.69, 9.17) is 4.74 Å². The number of hydrogen-bond donors (Lipinski definition) is 1. The van der Waals surface area contributed by atoms with Gasteiger partial charge in [0.15, 0.2) is 0 Å². The van der Waals surface area contributed by atoms with Crippen molar-refractivity contribution in [3.8, 4) is 5.75 Å². The Labute approximate surface area is 212 Å². The average Bonchev–Trinajstić information content (AvgIpc) is 2.90. The lowest BCUT2D eigenvalue weighted by molar-refractivity contribution is -0.126. The molecule has 1 heterocycles. The predicted octanol–water partition coefficient (Wildman–Crippen LogP) is 5.49. The number of carbonyl (C=O) groups is 2. The Hall–Kier alpha value is -3.67. The third-order valence-electron chi connectivity index (χ3n) is 5.80. The van der Waals surface area contributed by atoms with Crippen LogP contribution >= 0.6 is 0 Å². The fourth-order valence-electron chi connectivity index (χ4n) is 3.74. The molecule has 0 saturated heterocycles. The molecule has 6 nitrogen and oxygen atoms in total. The van der Waals surface area contributed by atoms with Crippen LogP contribution < -0.4 is 15.0 Å². The molecular formula is C29H41N3O3. The van der Waals surface area contributed by atoms with Crippen LogP contribution in [0.5, 0.6) is 5.75 Å². The highest BCUT2D eigenvalue weighted by molar-refractivity contribution is 5.98. The lowest BCUT2D eigenvalue weighted by Gasteiger charge is -2.24. The number of pyridine rings is 1. The molecule has 1 aromatic heterocycles. The molecule has 6 heteroatoms. The fourth-order valence-corrected chi connectivity index (χ4v) is 3.74. The summed E-state index contributed by atoms with van der Waals surface area (Å²) in [4.78, 5) is 30.0. The molecule has 0 bridgehead atoms. The van der Waals surface area contributed by atoms with E-state index in [-0.39, 0.29) is 14.7 Å². The number of carbonyl (C=O) groups excluding carboxylic acids is 2. The van der Waals surface area contributed by atoms with Crippen LogP contribution in [0.1, 0.15) is 46.7 Å². The number of nitrogens with one attached hydrogen (secondary N) is 1. The molecule has 1 atom stereocenters. The van der Waals surface area contributed by atoms with Gasteiger partial charge in [-0.2, -0.15) is 0 Å². The molecule has 35 heavy (non-hydrogen) atoms. The summed E-state index contributed by atoms with van der Waals surface area (Å²) in [7, 11) is 3.31. The number of methoxy groups -OCH3 is 1. The normalized spacial score (nSPS) is 11.0. The first-order valence-corrected chi connectivity index (χ1v) is 12.0. The summed E-state index contributed by atoms with van der Waals surface area (Å²) >= 11 is 0. The molecule has 0 aliphatic rings. The number of anilines is 1. The number of aryl methyl sites for hydroxylation is 3. The molecule has 3 rings (SSSR count). The number of nitrogens with zero attached hydrogens (tertiary/aromatic N) is 2. The topological polar surface area (TPSA) is 71.5 Å².